The number of nitrogens with zero attached hydrogens (tertiary/aromatic N) is 2. The number of carbonyl (C=O) groups is 1. The van der Waals surface area contributed by atoms with Crippen LogP contribution in [0, 0.1) is 5.92 Å². The molecule has 1 aliphatic carbocycles. The van der Waals surface area contributed by atoms with Crippen LogP contribution in [0.25, 0.3) is 0 Å². The van der Waals surface area contributed by atoms with Gasteiger partial charge >= 0.3 is 11.9 Å². The highest BCUT2D eigenvalue weighted by molar-refractivity contribution is 5.83. The van der Waals surface area contributed by atoms with Gasteiger partial charge in [-0.15, -0.1) is 0 Å². The van der Waals surface area contributed by atoms with Crippen LogP contribution >= 0.6 is 0 Å². The maximum atomic E-state index is 11.2. The lowest BCUT2D eigenvalue weighted by Gasteiger charge is -2.01. The Labute approximate surface area is 86.8 Å². The third kappa shape index (κ3) is 2.15. The van der Waals surface area contributed by atoms with E-state index in [1.807, 2.05) is 0 Å². The summed E-state index contributed by atoms with van der Waals surface area (Å²) >= 11 is 0. The van der Waals surface area contributed by atoms with Gasteiger partial charge in [-0.05, 0) is 25.7 Å². The minimum atomic E-state index is -0.598. The van der Waals surface area contributed by atoms with Crippen molar-refractivity contribution in [2.75, 3.05) is 6.61 Å². The zero-order chi connectivity index (χ0) is 10.8. The maximum Gasteiger partial charge on any atom is 0.397 e. The summed E-state index contributed by atoms with van der Waals surface area (Å²) in [6, 6.07) is -0.225. The minimum Gasteiger partial charge on any atom is -0.459 e. The Hall–Kier alpha value is -1.43. The van der Waals surface area contributed by atoms with E-state index in [1.54, 1.807) is 6.92 Å². The van der Waals surface area contributed by atoms with E-state index in [4.69, 9.17) is 15.0 Å². The van der Waals surface area contributed by atoms with Crippen molar-refractivity contribution in [1.82, 2.24) is 10.1 Å². The number of esters is 1. The first-order valence-electron chi connectivity index (χ1n) is 4.98. The highest BCUT2D eigenvalue weighted by atomic mass is 16.6. The lowest BCUT2D eigenvalue weighted by atomic mass is 10.2. The Morgan fingerprint density at radius 2 is 2.47 bits per heavy atom. The summed E-state index contributed by atoms with van der Waals surface area (Å²) in [5, 5.41) is 3.67. The second-order valence-corrected chi connectivity index (χ2v) is 3.54. The molecule has 0 aromatic carbocycles. The SMILES string of the molecule is CCOC(=O)c1nc(C(N)C2CC2)no1. The van der Waals surface area contributed by atoms with Crippen molar-refractivity contribution < 1.29 is 14.1 Å². The molecule has 1 fully saturated rings. The Morgan fingerprint density at radius 3 is 3.07 bits per heavy atom. The van der Waals surface area contributed by atoms with E-state index in [0.29, 0.717) is 11.7 Å². The van der Waals surface area contributed by atoms with Gasteiger partial charge in [0.1, 0.15) is 0 Å². The number of rotatable bonds is 4. The molecule has 82 valence electrons. The van der Waals surface area contributed by atoms with Crippen LogP contribution in [0.1, 0.15) is 42.3 Å². The first-order chi connectivity index (χ1) is 7.22. The van der Waals surface area contributed by atoms with Crippen molar-refractivity contribution in [3.05, 3.63) is 11.7 Å². The van der Waals surface area contributed by atoms with Crippen molar-refractivity contribution >= 4 is 5.97 Å². The first kappa shape index (κ1) is 10.1. The molecule has 1 aromatic rings. The largest absolute Gasteiger partial charge is 0.459 e. The molecule has 6 nitrogen and oxygen atoms in total. The summed E-state index contributed by atoms with van der Waals surface area (Å²) in [5.74, 6) is 0.0976. The van der Waals surface area contributed by atoms with E-state index < -0.39 is 5.97 Å². The number of hydrogen-bond acceptors (Lipinski definition) is 6. The second-order valence-electron chi connectivity index (χ2n) is 3.54. The predicted octanol–water partition coefficient (Wildman–Crippen LogP) is 0.656. The summed E-state index contributed by atoms with van der Waals surface area (Å²) in [4.78, 5) is 15.1. The van der Waals surface area contributed by atoms with Crippen LogP contribution < -0.4 is 5.73 Å². The summed E-state index contributed by atoms with van der Waals surface area (Å²) < 4.78 is 9.48. The third-order valence-electron chi connectivity index (χ3n) is 2.32. The Bertz CT molecular complexity index is 359. The molecule has 0 radical (unpaired) electrons. The maximum absolute atomic E-state index is 11.2. The van der Waals surface area contributed by atoms with Crippen molar-refractivity contribution in [3.8, 4) is 0 Å². The van der Waals surface area contributed by atoms with E-state index in [2.05, 4.69) is 10.1 Å². The topological polar surface area (TPSA) is 91.2 Å². The molecule has 1 heterocycles. The van der Waals surface area contributed by atoms with Crippen LogP contribution in [-0.2, 0) is 4.74 Å². The number of carbonyl (C=O) groups excluding carboxylic acids is 1. The molecule has 2 N–H and O–H groups in total. The van der Waals surface area contributed by atoms with Gasteiger partial charge in [-0.1, -0.05) is 5.16 Å². The normalized spacial score (nSPS) is 17.5. The molecule has 1 saturated carbocycles. The number of aromatic nitrogens is 2. The quantitative estimate of drug-likeness (QED) is 0.735. The van der Waals surface area contributed by atoms with E-state index >= 15 is 0 Å². The van der Waals surface area contributed by atoms with E-state index in [1.165, 1.54) is 0 Å². The van der Waals surface area contributed by atoms with Gasteiger partial charge in [0.15, 0.2) is 5.82 Å². The smallest absolute Gasteiger partial charge is 0.397 e. The fourth-order valence-electron chi connectivity index (χ4n) is 1.31. The monoisotopic (exact) mass is 211 g/mol. The van der Waals surface area contributed by atoms with Crippen molar-refractivity contribution in [2.45, 2.75) is 25.8 Å². The molecule has 0 spiro atoms. The third-order valence-corrected chi connectivity index (χ3v) is 2.32. The lowest BCUT2D eigenvalue weighted by molar-refractivity contribution is 0.0470. The van der Waals surface area contributed by atoms with Crippen molar-refractivity contribution in [3.63, 3.8) is 0 Å². The molecule has 0 amide bonds. The number of ether oxygens (including phenoxy) is 1. The van der Waals surface area contributed by atoms with E-state index in [-0.39, 0.29) is 18.5 Å². The molecule has 0 saturated heterocycles. The number of hydrogen-bond donors (Lipinski definition) is 1. The molecule has 6 heteroatoms. The van der Waals surface area contributed by atoms with Crippen LogP contribution in [0.2, 0.25) is 0 Å². The fourth-order valence-corrected chi connectivity index (χ4v) is 1.31. The van der Waals surface area contributed by atoms with Gasteiger partial charge in [-0.25, -0.2) is 4.79 Å². The van der Waals surface area contributed by atoms with Crippen LogP contribution in [0.5, 0.6) is 0 Å². The average molecular weight is 211 g/mol. The van der Waals surface area contributed by atoms with Gasteiger partial charge in [0, 0.05) is 0 Å². The van der Waals surface area contributed by atoms with Crippen LogP contribution in [0.4, 0.5) is 0 Å². The molecule has 2 rings (SSSR count). The minimum absolute atomic E-state index is 0.122. The summed E-state index contributed by atoms with van der Waals surface area (Å²) in [6.07, 6.45) is 2.18. The zero-order valence-corrected chi connectivity index (χ0v) is 8.47. The first-order valence-corrected chi connectivity index (χ1v) is 4.98. The average Bonchev–Trinajstić information content (AvgIpc) is 2.95. The molecule has 0 aliphatic heterocycles. The van der Waals surface area contributed by atoms with Crippen LogP contribution in [-0.4, -0.2) is 22.7 Å². The van der Waals surface area contributed by atoms with E-state index in [9.17, 15) is 4.79 Å². The molecule has 1 aromatic heterocycles. The summed E-state index contributed by atoms with van der Waals surface area (Å²) in [5.41, 5.74) is 5.85. The molecule has 1 atom stereocenters. The van der Waals surface area contributed by atoms with Gasteiger partial charge in [0.2, 0.25) is 0 Å². The molecule has 0 bridgehead atoms. The summed E-state index contributed by atoms with van der Waals surface area (Å²) in [6.45, 7) is 2.00. The van der Waals surface area contributed by atoms with Gasteiger partial charge < -0.3 is 15.0 Å². The van der Waals surface area contributed by atoms with Crippen molar-refractivity contribution in [1.29, 1.82) is 0 Å². The standard InChI is InChI=1S/C9H13N3O3/c1-2-14-9(13)8-11-7(12-15-8)6(10)5-3-4-5/h5-6H,2-4,10H2,1H3. The fraction of sp³-hybridized carbons (Fsp3) is 0.667. The van der Waals surface area contributed by atoms with Gasteiger partial charge in [0.25, 0.3) is 0 Å². The van der Waals surface area contributed by atoms with Crippen molar-refractivity contribution in [2.24, 2.45) is 11.7 Å². The Kier molecular flexibility index (Phi) is 2.68. The molecular weight excluding hydrogens is 198 g/mol. The lowest BCUT2D eigenvalue weighted by Crippen LogP contribution is -2.14. The molecule has 1 unspecified atom stereocenters. The predicted molar refractivity (Wildman–Crippen MR) is 49.9 cm³/mol. The molecule has 1 aliphatic rings. The van der Waals surface area contributed by atoms with E-state index in [0.717, 1.165) is 12.8 Å². The highest BCUT2D eigenvalue weighted by Crippen LogP contribution is 2.38. The highest BCUT2D eigenvalue weighted by Gasteiger charge is 2.33. The number of nitrogens with two attached hydrogens (primary N) is 1. The zero-order valence-electron chi connectivity index (χ0n) is 8.47. The van der Waals surface area contributed by atoms with Crippen LogP contribution in [0.15, 0.2) is 4.52 Å². The molecule has 15 heavy (non-hydrogen) atoms. The second kappa shape index (κ2) is 3.98. The van der Waals surface area contributed by atoms with Gasteiger partial charge in [-0.3, -0.25) is 0 Å². The Morgan fingerprint density at radius 1 is 1.73 bits per heavy atom. The molecular formula is C9H13N3O3. The Balaban J connectivity index is 2.05. The van der Waals surface area contributed by atoms with Gasteiger partial charge in [-0.2, -0.15) is 4.98 Å². The summed E-state index contributed by atoms with van der Waals surface area (Å²) in [7, 11) is 0. The van der Waals surface area contributed by atoms with Gasteiger partial charge in [0.05, 0.1) is 12.6 Å². The van der Waals surface area contributed by atoms with Crippen LogP contribution in [0.3, 0.4) is 0 Å².